The molecular weight excluding hydrogens is 320 g/mol. The number of fused-ring (bicyclic) bond motifs is 1. The van der Waals surface area contributed by atoms with Gasteiger partial charge in [-0.25, -0.2) is 0 Å². The summed E-state index contributed by atoms with van der Waals surface area (Å²) < 4.78 is 0. The van der Waals surface area contributed by atoms with E-state index in [0.717, 1.165) is 41.5 Å². The van der Waals surface area contributed by atoms with Gasteiger partial charge >= 0.3 is 0 Å². The molecule has 1 heterocycles. The molecule has 3 rings (SSSR count). The van der Waals surface area contributed by atoms with E-state index in [4.69, 9.17) is 0 Å². The minimum absolute atomic E-state index is 0.115. The van der Waals surface area contributed by atoms with Crippen LogP contribution in [0.3, 0.4) is 0 Å². The van der Waals surface area contributed by atoms with Gasteiger partial charge in [-0.3, -0.25) is 14.6 Å². The molecule has 26 heavy (non-hydrogen) atoms. The molecule has 0 amide bonds. The summed E-state index contributed by atoms with van der Waals surface area (Å²) in [6, 6.07) is 13.8. The maximum absolute atomic E-state index is 13.3. The van der Waals surface area contributed by atoms with Gasteiger partial charge in [0.1, 0.15) is 6.04 Å². The number of benzene rings is 2. The maximum Gasteiger partial charge on any atom is 0.184 e. The van der Waals surface area contributed by atoms with Gasteiger partial charge < -0.3 is 0 Å². The summed E-state index contributed by atoms with van der Waals surface area (Å²) in [6.07, 6.45) is 3.77. The molecule has 1 saturated heterocycles. The molecule has 2 aromatic rings. The minimum atomic E-state index is -0.324. The quantitative estimate of drug-likeness (QED) is 0.579. The third-order valence-electron chi connectivity index (χ3n) is 5.20. The van der Waals surface area contributed by atoms with Crippen LogP contribution in [0.15, 0.2) is 60.3 Å². The number of hydrogen-bond donors (Lipinski definition) is 0. The van der Waals surface area contributed by atoms with Crippen LogP contribution in [0.25, 0.3) is 10.8 Å². The molecule has 2 aromatic carbocycles. The predicted molar refractivity (Wildman–Crippen MR) is 109 cm³/mol. The van der Waals surface area contributed by atoms with Crippen molar-refractivity contribution < 1.29 is 4.79 Å². The zero-order chi connectivity index (χ0) is 18.5. The number of hydrogen-bond acceptors (Lipinski definition) is 3. The Hall–Kier alpha value is -2.19. The van der Waals surface area contributed by atoms with E-state index in [-0.39, 0.29) is 11.8 Å². The number of likely N-dealkylation sites (N-methyl/N-ethyl adjacent to an activating group) is 1. The standard InChI is InChI=1S/C23H28N2O/c1-4-18(17-25-14-8-5-9-15-25)22(24(2)3)23(26)21-13-12-19-10-6-7-11-20(19)16-21/h6-7,10-13,16,22H,1,5,8-9,14-15,17H2,2-3H3. The van der Waals surface area contributed by atoms with Crippen LogP contribution in [-0.4, -0.2) is 55.4 Å². The van der Waals surface area contributed by atoms with Crippen molar-refractivity contribution in [3.8, 4) is 0 Å². The molecule has 136 valence electrons. The summed E-state index contributed by atoms with van der Waals surface area (Å²) >= 11 is 0. The van der Waals surface area contributed by atoms with Crippen molar-refractivity contribution in [2.45, 2.75) is 25.3 Å². The predicted octanol–water partition coefficient (Wildman–Crippen LogP) is 4.15. The first-order chi connectivity index (χ1) is 12.6. The number of ketones is 1. The van der Waals surface area contributed by atoms with Crippen LogP contribution in [0, 0.1) is 0 Å². The van der Waals surface area contributed by atoms with Crippen molar-refractivity contribution in [2.75, 3.05) is 33.7 Å². The van der Waals surface area contributed by atoms with Gasteiger partial charge in [-0.15, -0.1) is 5.73 Å². The highest BCUT2D eigenvalue weighted by atomic mass is 16.1. The van der Waals surface area contributed by atoms with E-state index in [0.29, 0.717) is 0 Å². The first kappa shape index (κ1) is 18.6. The summed E-state index contributed by atoms with van der Waals surface area (Å²) in [5.41, 5.74) is 4.79. The van der Waals surface area contributed by atoms with E-state index < -0.39 is 0 Å². The van der Waals surface area contributed by atoms with E-state index in [1.54, 1.807) is 0 Å². The number of Topliss-reactive ketones (excluding diaryl/α,β-unsaturated/α-hetero) is 1. The Balaban J connectivity index is 1.87. The van der Waals surface area contributed by atoms with Gasteiger partial charge in [0.25, 0.3) is 0 Å². The number of carbonyl (C=O) groups excluding carboxylic acids is 1. The van der Waals surface area contributed by atoms with Crippen molar-refractivity contribution in [3.05, 3.63) is 65.9 Å². The average Bonchev–Trinajstić information content (AvgIpc) is 2.67. The summed E-state index contributed by atoms with van der Waals surface area (Å²) in [5.74, 6) is 0.115. The molecule has 1 aliphatic heterocycles. The Morgan fingerprint density at radius 3 is 2.46 bits per heavy atom. The van der Waals surface area contributed by atoms with E-state index in [1.165, 1.54) is 19.3 Å². The van der Waals surface area contributed by atoms with Crippen molar-refractivity contribution in [3.63, 3.8) is 0 Å². The zero-order valence-electron chi connectivity index (χ0n) is 15.9. The molecular formula is C23H28N2O. The fourth-order valence-corrected chi connectivity index (χ4v) is 3.80. The molecule has 0 aromatic heterocycles. The second-order valence-corrected chi connectivity index (χ2v) is 7.33. The Morgan fingerprint density at radius 1 is 1.12 bits per heavy atom. The number of likely N-dealkylation sites (tertiary alicyclic amines) is 1. The maximum atomic E-state index is 13.3. The first-order valence-corrected chi connectivity index (χ1v) is 9.41. The third-order valence-corrected chi connectivity index (χ3v) is 5.20. The summed E-state index contributed by atoms with van der Waals surface area (Å²) in [4.78, 5) is 17.7. The molecule has 0 spiro atoms. The van der Waals surface area contributed by atoms with E-state index >= 15 is 0 Å². The smallest absolute Gasteiger partial charge is 0.184 e. The molecule has 0 bridgehead atoms. The van der Waals surface area contributed by atoms with Crippen LogP contribution in [0.2, 0.25) is 0 Å². The van der Waals surface area contributed by atoms with Crippen LogP contribution < -0.4 is 0 Å². The fraction of sp³-hybridized carbons (Fsp3) is 0.391. The molecule has 0 N–H and O–H groups in total. The fourth-order valence-electron chi connectivity index (χ4n) is 3.80. The van der Waals surface area contributed by atoms with Gasteiger partial charge in [0.2, 0.25) is 0 Å². The second kappa shape index (κ2) is 8.46. The molecule has 3 heteroatoms. The highest BCUT2D eigenvalue weighted by Gasteiger charge is 2.28. The number of rotatable bonds is 6. The van der Waals surface area contributed by atoms with Crippen LogP contribution in [0.1, 0.15) is 29.6 Å². The van der Waals surface area contributed by atoms with Gasteiger partial charge in [0.15, 0.2) is 5.78 Å². The normalized spacial score (nSPS) is 16.4. The topological polar surface area (TPSA) is 23.6 Å². The Bertz CT molecular complexity index is 827. The lowest BCUT2D eigenvalue weighted by Gasteiger charge is -2.31. The van der Waals surface area contributed by atoms with Crippen molar-refractivity contribution in [1.82, 2.24) is 9.80 Å². The molecule has 0 saturated carbocycles. The number of nitrogens with zero attached hydrogens (tertiary/aromatic N) is 2. The molecule has 0 aliphatic carbocycles. The van der Waals surface area contributed by atoms with Gasteiger partial charge in [-0.05, 0) is 56.9 Å². The van der Waals surface area contributed by atoms with Gasteiger partial charge in [-0.1, -0.05) is 49.4 Å². The molecule has 0 radical (unpaired) electrons. The van der Waals surface area contributed by atoms with E-state index in [9.17, 15) is 4.79 Å². The minimum Gasteiger partial charge on any atom is -0.299 e. The van der Waals surface area contributed by atoms with Gasteiger partial charge in [0.05, 0.1) is 0 Å². The van der Waals surface area contributed by atoms with E-state index in [1.807, 2.05) is 49.3 Å². The largest absolute Gasteiger partial charge is 0.299 e. The first-order valence-electron chi connectivity index (χ1n) is 9.41. The van der Waals surface area contributed by atoms with Crippen molar-refractivity contribution >= 4 is 16.6 Å². The third kappa shape index (κ3) is 4.13. The lowest BCUT2D eigenvalue weighted by atomic mass is 9.94. The zero-order valence-corrected chi connectivity index (χ0v) is 15.9. The number of carbonyl (C=O) groups is 1. The molecule has 3 nitrogen and oxygen atoms in total. The Labute approximate surface area is 156 Å². The molecule has 1 aliphatic rings. The Morgan fingerprint density at radius 2 is 1.81 bits per heavy atom. The van der Waals surface area contributed by atoms with Crippen LogP contribution >= 0.6 is 0 Å². The highest BCUT2D eigenvalue weighted by Crippen LogP contribution is 2.21. The lowest BCUT2D eigenvalue weighted by Crippen LogP contribution is -2.42. The van der Waals surface area contributed by atoms with Gasteiger partial charge in [-0.2, -0.15) is 0 Å². The SMILES string of the molecule is C=C=C(CN1CCCCC1)C(C(=O)c1ccc2ccccc2c1)N(C)C. The van der Waals surface area contributed by atoms with Crippen molar-refractivity contribution in [2.24, 2.45) is 0 Å². The summed E-state index contributed by atoms with van der Waals surface area (Å²) in [5, 5.41) is 2.24. The summed E-state index contributed by atoms with van der Waals surface area (Å²) in [6.45, 7) is 6.84. The molecule has 1 fully saturated rings. The van der Waals surface area contributed by atoms with Crippen LogP contribution in [0.4, 0.5) is 0 Å². The molecule has 1 unspecified atom stereocenters. The van der Waals surface area contributed by atoms with Crippen molar-refractivity contribution in [1.29, 1.82) is 0 Å². The average molecular weight is 348 g/mol. The molecule has 1 atom stereocenters. The van der Waals surface area contributed by atoms with E-state index in [2.05, 4.69) is 29.3 Å². The van der Waals surface area contributed by atoms with Gasteiger partial charge in [0, 0.05) is 17.7 Å². The summed E-state index contributed by atoms with van der Waals surface area (Å²) in [7, 11) is 3.91. The Kier molecular flexibility index (Phi) is 6.05. The highest BCUT2D eigenvalue weighted by molar-refractivity contribution is 6.04. The lowest BCUT2D eigenvalue weighted by molar-refractivity contribution is 0.0895. The number of piperidine rings is 1. The second-order valence-electron chi connectivity index (χ2n) is 7.33. The van der Waals surface area contributed by atoms with Crippen LogP contribution in [-0.2, 0) is 0 Å². The van der Waals surface area contributed by atoms with Crippen LogP contribution in [0.5, 0.6) is 0 Å². The monoisotopic (exact) mass is 348 g/mol.